The fourth-order valence-corrected chi connectivity index (χ4v) is 4.43. The van der Waals surface area contributed by atoms with Gasteiger partial charge < -0.3 is 14.3 Å². The zero-order valence-corrected chi connectivity index (χ0v) is 20.4. The molecular formula is C27H32ClN3O2. The van der Waals surface area contributed by atoms with E-state index in [1.54, 1.807) is 24.3 Å². The van der Waals surface area contributed by atoms with Crippen LogP contribution in [0.4, 0.5) is 5.88 Å². The molecule has 0 radical (unpaired) electrons. The van der Waals surface area contributed by atoms with E-state index in [9.17, 15) is 4.79 Å². The number of hydrogen-bond donors (Lipinski definition) is 0. The van der Waals surface area contributed by atoms with Crippen molar-refractivity contribution in [1.82, 2.24) is 10.1 Å². The summed E-state index contributed by atoms with van der Waals surface area (Å²) in [5.74, 6) is 1.49. The molecule has 33 heavy (non-hydrogen) atoms. The van der Waals surface area contributed by atoms with Gasteiger partial charge >= 0.3 is 0 Å². The molecule has 174 valence electrons. The summed E-state index contributed by atoms with van der Waals surface area (Å²) >= 11 is 6.06. The average molecular weight is 466 g/mol. The minimum atomic E-state index is -0.0144. The highest BCUT2D eigenvalue weighted by Crippen LogP contribution is 2.35. The van der Waals surface area contributed by atoms with Gasteiger partial charge in [0.2, 0.25) is 5.88 Å². The molecule has 0 N–H and O–H groups in total. The van der Waals surface area contributed by atoms with E-state index < -0.39 is 0 Å². The molecule has 1 atom stereocenters. The molecule has 2 heterocycles. The van der Waals surface area contributed by atoms with Gasteiger partial charge in [0.05, 0.1) is 12.1 Å². The van der Waals surface area contributed by atoms with Crippen molar-refractivity contribution in [1.29, 1.82) is 0 Å². The quantitative estimate of drug-likeness (QED) is 0.391. The van der Waals surface area contributed by atoms with Crippen molar-refractivity contribution in [3.05, 3.63) is 70.7 Å². The third-order valence-corrected chi connectivity index (χ3v) is 6.94. The molecule has 6 heteroatoms. The van der Waals surface area contributed by atoms with Crippen LogP contribution in [0.3, 0.4) is 0 Å². The smallest absolute Gasteiger partial charge is 0.254 e. The Balaban J connectivity index is 1.73. The van der Waals surface area contributed by atoms with Crippen molar-refractivity contribution < 1.29 is 9.32 Å². The highest BCUT2D eigenvalue weighted by atomic mass is 35.5. The molecule has 0 saturated carbocycles. The molecule has 2 aromatic carbocycles. The minimum absolute atomic E-state index is 0.0144. The maximum atomic E-state index is 13.6. The predicted octanol–water partition coefficient (Wildman–Crippen LogP) is 6.67. The first-order valence-corrected chi connectivity index (χ1v) is 12.2. The molecule has 1 unspecified atom stereocenters. The summed E-state index contributed by atoms with van der Waals surface area (Å²) in [5.41, 5.74) is 3.40. The maximum Gasteiger partial charge on any atom is 0.254 e. The van der Waals surface area contributed by atoms with E-state index in [0.29, 0.717) is 23.0 Å². The lowest BCUT2D eigenvalue weighted by Crippen LogP contribution is -2.39. The molecular weight excluding hydrogens is 434 g/mol. The second-order valence-corrected chi connectivity index (χ2v) is 9.48. The lowest BCUT2D eigenvalue weighted by molar-refractivity contribution is 0.0672. The van der Waals surface area contributed by atoms with Crippen LogP contribution >= 0.6 is 11.6 Å². The second kappa shape index (κ2) is 10.4. The summed E-state index contributed by atoms with van der Waals surface area (Å²) in [4.78, 5) is 17.8. The number of carbonyl (C=O) groups is 1. The third-order valence-electron chi connectivity index (χ3n) is 6.69. The lowest BCUT2D eigenvalue weighted by Gasteiger charge is -2.32. The number of benzene rings is 2. The first kappa shape index (κ1) is 23.4. The van der Waals surface area contributed by atoms with Gasteiger partial charge in [-0.1, -0.05) is 60.9 Å². The number of amides is 1. The van der Waals surface area contributed by atoms with E-state index in [-0.39, 0.29) is 11.9 Å². The molecule has 4 rings (SSSR count). The van der Waals surface area contributed by atoms with Crippen LogP contribution in [0.2, 0.25) is 5.02 Å². The monoisotopic (exact) mass is 465 g/mol. The Labute approximate surface area is 201 Å². The Bertz CT molecular complexity index is 1060. The predicted molar refractivity (Wildman–Crippen MR) is 134 cm³/mol. The van der Waals surface area contributed by atoms with Gasteiger partial charge in [-0.2, -0.15) is 0 Å². The Kier molecular flexibility index (Phi) is 7.39. The fraction of sp³-hybridized carbons (Fsp3) is 0.407. The topological polar surface area (TPSA) is 49.6 Å². The van der Waals surface area contributed by atoms with Gasteiger partial charge in [0.15, 0.2) is 0 Å². The van der Waals surface area contributed by atoms with Crippen molar-refractivity contribution >= 4 is 23.4 Å². The van der Waals surface area contributed by atoms with Crippen LogP contribution in [0.1, 0.15) is 56.0 Å². The van der Waals surface area contributed by atoms with Gasteiger partial charge in [-0.05, 0) is 56.4 Å². The third kappa shape index (κ3) is 5.25. The summed E-state index contributed by atoms with van der Waals surface area (Å²) in [5, 5.41) is 5.11. The molecule has 1 amide bonds. The SMILES string of the molecule is CCC(C)N(Cc1c(-c2ccccc2)noc1N1CCC(C)CC1)C(=O)c1ccc(Cl)cc1. The number of halogens is 1. The molecule has 1 aliphatic rings. The van der Waals surface area contributed by atoms with E-state index >= 15 is 0 Å². The molecule has 1 aliphatic heterocycles. The highest BCUT2D eigenvalue weighted by molar-refractivity contribution is 6.30. The van der Waals surface area contributed by atoms with Crippen LogP contribution in [-0.4, -0.2) is 35.1 Å². The zero-order valence-electron chi connectivity index (χ0n) is 19.6. The zero-order chi connectivity index (χ0) is 23.4. The van der Waals surface area contributed by atoms with E-state index in [1.807, 2.05) is 35.2 Å². The first-order valence-electron chi connectivity index (χ1n) is 11.8. The van der Waals surface area contributed by atoms with Crippen molar-refractivity contribution in [2.45, 2.75) is 52.6 Å². The molecule has 0 aliphatic carbocycles. The second-order valence-electron chi connectivity index (χ2n) is 9.05. The number of carbonyl (C=O) groups excluding carboxylic acids is 1. The van der Waals surface area contributed by atoms with Crippen LogP contribution in [0.5, 0.6) is 0 Å². The van der Waals surface area contributed by atoms with Crippen LogP contribution in [-0.2, 0) is 6.54 Å². The normalized spacial score (nSPS) is 15.5. The van der Waals surface area contributed by atoms with Crippen LogP contribution in [0, 0.1) is 5.92 Å². The number of nitrogens with zero attached hydrogens (tertiary/aromatic N) is 3. The lowest BCUT2D eigenvalue weighted by atomic mass is 9.98. The largest absolute Gasteiger partial charge is 0.340 e. The van der Waals surface area contributed by atoms with Crippen molar-refractivity contribution in [3.63, 3.8) is 0 Å². The summed E-state index contributed by atoms with van der Waals surface area (Å²) < 4.78 is 5.96. The molecule has 5 nitrogen and oxygen atoms in total. The summed E-state index contributed by atoms with van der Waals surface area (Å²) in [6.45, 7) is 8.80. The molecule has 1 saturated heterocycles. The van der Waals surface area contributed by atoms with Gasteiger partial charge in [-0.25, -0.2) is 0 Å². The number of piperidine rings is 1. The first-order chi connectivity index (χ1) is 16.0. The van der Waals surface area contributed by atoms with E-state index in [0.717, 1.165) is 55.1 Å². The van der Waals surface area contributed by atoms with Gasteiger partial charge in [-0.3, -0.25) is 4.79 Å². The maximum absolute atomic E-state index is 13.6. The number of hydrogen-bond acceptors (Lipinski definition) is 4. The summed E-state index contributed by atoms with van der Waals surface area (Å²) in [6, 6.07) is 17.2. The molecule has 1 aromatic heterocycles. The van der Waals surface area contributed by atoms with Crippen LogP contribution in [0.25, 0.3) is 11.3 Å². The summed E-state index contributed by atoms with van der Waals surface area (Å²) in [7, 11) is 0. The molecule has 3 aromatic rings. The van der Waals surface area contributed by atoms with Crippen LogP contribution < -0.4 is 4.90 Å². The van der Waals surface area contributed by atoms with Crippen molar-refractivity contribution in [2.75, 3.05) is 18.0 Å². The molecule has 0 spiro atoms. The average Bonchev–Trinajstić information content (AvgIpc) is 3.26. The number of anilines is 1. The standard InChI is InChI=1S/C27H32ClN3O2/c1-4-20(3)31(26(32)22-10-12-23(28)13-11-22)18-24-25(21-8-6-5-7-9-21)29-33-27(24)30-16-14-19(2)15-17-30/h5-13,19-20H,4,14-18H2,1-3H3. The van der Waals surface area contributed by atoms with Crippen molar-refractivity contribution in [2.24, 2.45) is 5.92 Å². The minimum Gasteiger partial charge on any atom is -0.340 e. The number of aromatic nitrogens is 1. The van der Waals surface area contributed by atoms with Gasteiger partial charge in [0, 0.05) is 35.3 Å². The van der Waals surface area contributed by atoms with Crippen LogP contribution in [0.15, 0.2) is 59.1 Å². The molecule has 1 fully saturated rings. The van der Waals surface area contributed by atoms with Gasteiger partial charge in [-0.15, -0.1) is 0 Å². The Morgan fingerprint density at radius 3 is 2.45 bits per heavy atom. The number of rotatable bonds is 7. The molecule has 0 bridgehead atoms. The Morgan fingerprint density at radius 1 is 1.15 bits per heavy atom. The van der Waals surface area contributed by atoms with Crippen molar-refractivity contribution in [3.8, 4) is 11.3 Å². The Hall–Kier alpha value is -2.79. The Morgan fingerprint density at radius 2 is 1.82 bits per heavy atom. The van der Waals surface area contributed by atoms with E-state index in [2.05, 4.69) is 30.8 Å². The van der Waals surface area contributed by atoms with E-state index in [1.165, 1.54) is 0 Å². The van der Waals surface area contributed by atoms with Gasteiger partial charge in [0.1, 0.15) is 5.69 Å². The summed E-state index contributed by atoms with van der Waals surface area (Å²) in [6.07, 6.45) is 3.10. The highest BCUT2D eigenvalue weighted by Gasteiger charge is 2.30. The van der Waals surface area contributed by atoms with E-state index in [4.69, 9.17) is 16.1 Å². The van der Waals surface area contributed by atoms with Gasteiger partial charge in [0.25, 0.3) is 5.91 Å². The fourth-order valence-electron chi connectivity index (χ4n) is 4.30.